The Hall–Kier alpha value is -1.30. The number of carboxylic acid groups (broad SMARTS) is 1. The minimum atomic E-state index is -0.727. The molecule has 2 heterocycles. The van der Waals surface area contributed by atoms with Gasteiger partial charge in [-0.3, -0.25) is 10.2 Å². The van der Waals surface area contributed by atoms with Crippen LogP contribution in [0.2, 0.25) is 0 Å². The number of aliphatic carboxylic acids is 1. The van der Waals surface area contributed by atoms with E-state index in [1.807, 2.05) is 9.91 Å². The van der Waals surface area contributed by atoms with Crippen LogP contribution in [0.1, 0.15) is 44.9 Å². The maximum atomic E-state index is 12.1. The van der Waals surface area contributed by atoms with Gasteiger partial charge in [-0.2, -0.15) is 0 Å². The first-order valence-corrected chi connectivity index (χ1v) is 7.67. The zero-order chi connectivity index (χ0) is 14.4. The lowest BCUT2D eigenvalue weighted by atomic mass is 9.92. The maximum absolute atomic E-state index is 12.1. The van der Waals surface area contributed by atoms with E-state index in [1.54, 1.807) is 0 Å². The zero-order valence-corrected chi connectivity index (χ0v) is 12.0. The molecule has 114 valence electrons. The van der Waals surface area contributed by atoms with Gasteiger partial charge >= 0.3 is 12.0 Å². The lowest BCUT2D eigenvalue weighted by Crippen LogP contribution is -2.52. The predicted octanol–water partition coefficient (Wildman–Crippen LogP) is 1.67. The highest BCUT2D eigenvalue weighted by Crippen LogP contribution is 2.22. The molecule has 0 aromatic carbocycles. The molecule has 0 spiro atoms. The molecule has 6 heteroatoms. The molecule has 6 nitrogen and oxygen atoms in total. The molecule has 0 aromatic heterocycles. The normalized spacial score (nSPS) is 21.7. The van der Waals surface area contributed by atoms with Crippen molar-refractivity contribution in [1.82, 2.24) is 15.3 Å². The second kappa shape index (κ2) is 7.47. The summed E-state index contributed by atoms with van der Waals surface area (Å²) >= 11 is 0. The third kappa shape index (κ3) is 4.67. The highest BCUT2D eigenvalue weighted by molar-refractivity contribution is 5.73. The SMILES string of the molecule is O=C(O)CCC1CCN(C(=O)NN2CCCCC2)CC1. The van der Waals surface area contributed by atoms with Crippen LogP contribution < -0.4 is 5.43 Å². The molecule has 0 aliphatic carbocycles. The molecule has 2 N–H and O–H groups in total. The Kier molecular flexibility index (Phi) is 5.64. The van der Waals surface area contributed by atoms with Gasteiger partial charge in [-0.25, -0.2) is 9.80 Å². The van der Waals surface area contributed by atoms with Gasteiger partial charge < -0.3 is 10.0 Å². The summed E-state index contributed by atoms with van der Waals surface area (Å²) in [6.07, 6.45) is 6.36. The van der Waals surface area contributed by atoms with Crippen LogP contribution in [0, 0.1) is 5.92 Å². The summed E-state index contributed by atoms with van der Waals surface area (Å²) < 4.78 is 0. The number of rotatable bonds is 4. The van der Waals surface area contributed by atoms with Gasteiger partial charge in [0, 0.05) is 32.6 Å². The fourth-order valence-corrected chi connectivity index (χ4v) is 2.96. The van der Waals surface area contributed by atoms with Crippen LogP contribution in [-0.2, 0) is 4.79 Å². The Morgan fingerprint density at radius 2 is 1.70 bits per heavy atom. The number of hydrogen-bond donors (Lipinski definition) is 2. The molecule has 2 fully saturated rings. The summed E-state index contributed by atoms with van der Waals surface area (Å²) in [6.45, 7) is 3.37. The number of nitrogens with one attached hydrogen (secondary N) is 1. The number of hydrazine groups is 1. The van der Waals surface area contributed by atoms with Crippen molar-refractivity contribution in [3.8, 4) is 0 Å². The summed E-state index contributed by atoms with van der Waals surface area (Å²) in [4.78, 5) is 24.5. The van der Waals surface area contributed by atoms with Crippen molar-refractivity contribution in [3.63, 3.8) is 0 Å². The molecule has 0 radical (unpaired) electrons. The van der Waals surface area contributed by atoms with E-state index >= 15 is 0 Å². The molecule has 0 saturated carbocycles. The Balaban J connectivity index is 1.67. The maximum Gasteiger partial charge on any atom is 0.331 e. The summed E-state index contributed by atoms with van der Waals surface area (Å²) in [5, 5.41) is 10.7. The number of carbonyl (C=O) groups is 2. The third-order valence-corrected chi connectivity index (χ3v) is 4.28. The van der Waals surface area contributed by atoms with Crippen molar-refractivity contribution < 1.29 is 14.7 Å². The summed E-state index contributed by atoms with van der Waals surface area (Å²) in [6, 6.07) is 0.00332. The number of hydrogen-bond acceptors (Lipinski definition) is 3. The second-order valence-corrected chi connectivity index (χ2v) is 5.83. The lowest BCUT2D eigenvalue weighted by molar-refractivity contribution is -0.137. The summed E-state index contributed by atoms with van der Waals surface area (Å²) in [5.41, 5.74) is 2.98. The van der Waals surface area contributed by atoms with Gasteiger partial charge in [0.05, 0.1) is 0 Å². The number of nitrogens with zero attached hydrogens (tertiary/aromatic N) is 2. The van der Waals surface area contributed by atoms with Gasteiger partial charge in [-0.15, -0.1) is 0 Å². The number of carbonyl (C=O) groups excluding carboxylic acids is 1. The summed E-state index contributed by atoms with van der Waals surface area (Å²) in [5.74, 6) is -0.277. The minimum Gasteiger partial charge on any atom is -0.481 e. The molecule has 0 bridgehead atoms. The van der Waals surface area contributed by atoms with Crippen molar-refractivity contribution in [3.05, 3.63) is 0 Å². The first-order valence-electron chi connectivity index (χ1n) is 7.67. The molecule has 2 rings (SSSR count). The van der Waals surface area contributed by atoms with Gasteiger partial charge in [0.25, 0.3) is 0 Å². The van der Waals surface area contributed by atoms with Crippen molar-refractivity contribution in [2.24, 2.45) is 5.92 Å². The van der Waals surface area contributed by atoms with Crippen LogP contribution in [0.25, 0.3) is 0 Å². The van der Waals surface area contributed by atoms with Gasteiger partial charge in [0.1, 0.15) is 0 Å². The molecule has 2 aliphatic rings. The van der Waals surface area contributed by atoms with E-state index in [1.165, 1.54) is 6.42 Å². The van der Waals surface area contributed by atoms with Crippen LogP contribution in [-0.4, -0.2) is 53.2 Å². The van der Waals surface area contributed by atoms with Crippen molar-refractivity contribution in [1.29, 1.82) is 0 Å². The monoisotopic (exact) mass is 283 g/mol. The van der Waals surface area contributed by atoms with Crippen LogP contribution in [0.4, 0.5) is 4.79 Å². The standard InChI is InChI=1S/C14H25N3O3/c18-13(19)5-4-12-6-10-16(11-7-12)14(20)15-17-8-2-1-3-9-17/h12H,1-11H2,(H,15,20)(H,18,19). The Morgan fingerprint density at radius 3 is 2.30 bits per heavy atom. The van der Waals surface area contributed by atoms with E-state index in [0.717, 1.165) is 58.3 Å². The average Bonchev–Trinajstić information content (AvgIpc) is 2.46. The van der Waals surface area contributed by atoms with Crippen LogP contribution in [0.3, 0.4) is 0 Å². The fraction of sp³-hybridized carbons (Fsp3) is 0.857. The topological polar surface area (TPSA) is 72.9 Å². The smallest absolute Gasteiger partial charge is 0.331 e. The van der Waals surface area contributed by atoms with Gasteiger partial charge in [0.2, 0.25) is 0 Å². The quantitative estimate of drug-likeness (QED) is 0.823. The Labute approximate surface area is 120 Å². The Bertz CT molecular complexity index is 335. The number of carboxylic acids is 1. The van der Waals surface area contributed by atoms with Crippen LogP contribution in [0.5, 0.6) is 0 Å². The van der Waals surface area contributed by atoms with Gasteiger partial charge in [-0.05, 0) is 38.0 Å². The second-order valence-electron chi connectivity index (χ2n) is 5.83. The third-order valence-electron chi connectivity index (χ3n) is 4.28. The van der Waals surface area contributed by atoms with Crippen molar-refractivity contribution >= 4 is 12.0 Å². The first-order chi connectivity index (χ1) is 9.65. The largest absolute Gasteiger partial charge is 0.481 e. The van der Waals surface area contributed by atoms with Crippen LogP contribution in [0.15, 0.2) is 0 Å². The summed E-state index contributed by atoms with van der Waals surface area (Å²) in [7, 11) is 0. The molecule has 0 atom stereocenters. The molecule has 20 heavy (non-hydrogen) atoms. The van der Waals surface area contributed by atoms with E-state index in [0.29, 0.717) is 5.92 Å². The Morgan fingerprint density at radius 1 is 1.05 bits per heavy atom. The molecule has 2 amide bonds. The highest BCUT2D eigenvalue weighted by atomic mass is 16.4. The lowest BCUT2D eigenvalue weighted by Gasteiger charge is -2.34. The van der Waals surface area contributed by atoms with Crippen LogP contribution >= 0.6 is 0 Å². The average molecular weight is 283 g/mol. The van der Waals surface area contributed by atoms with Gasteiger partial charge in [-0.1, -0.05) is 6.42 Å². The molecule has 0 unspecified atom stereocenters. The van der Waals surface area contributed by atoms with Gasteiger partial charge in [0.15, 0.2) is 0 Å². The van der Waals surface area contributed by atoms with Crippen molar-refractivity contribution in [2.75, 3.05) is 26.2 Å². The molecule has 0 aromatic rings. The molecular weight excluding hydrogens is 258 g/mol. The predicted molar refractivity (Wildman–Crippen MR) is 75.1 cm³/mol. The number of piperidine rings is 2. The van der Waals surface area contributed by atoms with E-state index < -0.39 is 5.97 Å². The van der Waals surface area contributed by atoms with E-state index in [2.05, 4.69) is 5.43 Å². The van der Waals surface area contributed by atoms with E-state index in [4.69, 9.17) is 5.11 Å². The molecule has 2 saturated heterocycles. The molecular formula is C14H25N3O3. The molecule has 2 aliphatic heterocycles. The highest BCUT2D eigenvalue weighted by Gasteiger charge is 2.24. The van der Waals surface area contributed by atoms with E-state index in [9.17, 15) is 9.59 Å². The van der Waals surface area contributed by atoms with E-state index in [-0.39, 0.29) is 12.5 Å². The number of likely N-dealkylation sites (tertiary alicyclic amines) is 1. The van der Waals surface area contributed by atoms with Crippen molar-refractivity contribution in [2.45, 2.75) is 44.9 Å². The number of amides is 2. The first kappa shape index (κ1) is 15.1. The number of urea groups is 1. The fourth-order valence-electron chi connectivity index (χ4n) is 2.96. The minimum absolute atomic E-state index is 0.00332. The zero-order valence-electron chi connectivity index (χ0n) is 12.0.